The Morgan fingerprint density at radius 3 is 2.33 bits per heavy atom. The average Bonchev–Trinajstić information content (AvgIpc) is 3.00. The van der Waals surface area contributed by atoms with Gasteiger partial charge < -0.3 is 0 Å². The highest BCUT2D eigenvalue weighted by molar-refractivity contribution is 5.93. The molecule has 1 aromatic carbocycles. The molecule has 0 aliphatic heterocycles. The van der Waals surface area contributed by atoms with E-state index in [1.165, 1.54) is 5.01 Å². The molecule has 1 aromatic rings. The highest BCUT2D eigenvalue weighted by atomic mass is 16.2. The van der Waals surface area contributed by atoms with E-state index in [1.807, 2.05) is 43.9 Å². The van der Waals surface area contributed by atoms with Gasteiger partial charge in [-0.05, 0) is 44.7 Å². The molecule has 1 aliphatic rings. The lowest BCUT2D eigenvalue weighted by molar-refractivity contribution is -0.117. The zero-order valence-corrected chi connectivity index (χ0v) is 12.2. The van der Waals surface area contributed by atoms with E-state index in [1.54, 1.807) is 26.1 Å². The number of hydrogen-bond acceptors (Lipinski definition) is 3. The summed E-state index contributed by atoms with van der Waals surface area (Å²) >= 11 is 0. The van der Waals surface area contributed by atoms with Crippen LogP contribution in [0.4, 0.5) is 0 Å². The van der Waals surface area contributed by atoms with E-state index in [2.05, 4.69) is 5.43 Å². The molecule has 0 bridgehead atoms. The minimum absolute atomic E-state index is 0.0780. The third kappa shape index (κ3) is 4.39. The van der Waals surface area contributed by atoms with Gasteiger partial charge >= 0.3 is 0 Å². The molecule has 1 N–H and O–H groups in total. The van der Waals surface area contributed by atoms with Crippen LogP contribution in [0.5, 0.6) is 0 Å². The first kappa shape index (κ1) is 15.7. The fourth-order valence-corrected chi connectivity index (χ4v) is 2.21. The van der Waals surface area contributed by atoms with Crippen molar-refractivity contribution in [3.8, 4) is 0 Å². The molecule has 4 heteroatoms. The van der Waals surface area contributed by atoms with Gasteiger partial charge in [0.25, 0.3) is 5.91 Å². The minimum Gasteiger partial charge on any atom is -0.300 e. The number of hydrogen-bond donors (Lipinski definition) is 1. The van der Waals surface area contributed by atoms with Gasteiger partial charge in [0.2, 0.25) is 0 Å². The van der Waals surface area contributed by atoms with Crippen molar-refractivity contribution in [1.82, 2.24) is 10.4 Å². The first-order chi connectivity index (χ1) is 10.1. The normalized spacial score (nSPS) is 16.7. The average molecular weight is 283 g/mol. The zero-order chi connectivity index (χ0) is 15.2. The number of hydrazine groups is 1. The molecule has 1 fully saturated rings. The van der Waals surface area contributed by atoms with E-state index in [0.717, 1.165) is 5.92 Å². The molecule has 4 nitrogen and oxygen atoms in total. The van der Waals surface area contributed by atoms with Crippen LogP contribution in [0.3, 0.4) is 0 Å². The van der Waals surface area contributed by atoms with Gasteiger partial charge in [-0.25, -0.2) is 5.43 Å². The number of carbonyl (C=O) groups is 2. The van der Waals surface area contributed by atoms with Gasteiger partial charge in [0.05, 0.1) is 0 Å². The fourth-order valence-electron chi connectivity index (χ4n) is 2.21. The van der Waals surface area contributed by atoms with Crippen LogP contribution in [0.1, 0.15) is 23.7 Å². The summed E-state index contributed by atoms with van der Waals surface area (Å²) in [5, 5.41) is 1.44. The summed E-state index contributed by atoms with van der Waals surface area (Å²) in [5.74, 6) is 0.947. The lowest BCUT2D eigenvalue weighted by atomic mass is 9.94. The number of carbonyl (C=O) groups excluding carboxylic acids is 2. The number of nitrogens with zero attached hydrogens (tertiary/aromatic N) is 1. The van der Waals surface area contributed by atoms with Crippen LogP contribution >= 0.6 is 0 Å². The van der Waals surface area contributed by atoms with E-state index < -0.39 is 0 Å². The number of rotatable bonds is 6. The first-order valence-electron chi connectivity index (χ1n) is 6.88. The summed E-state index contributed by atoms with van der Waals surface area (Å²) in [4.78, 5) is 23.7. The lowest BCUT2D eigenvalue weighted by Crippen LogP contribution is -2.48. The van der Waals surface area contributed by atoms with Gasteiger partial charge in [0.15, 0.2) is 0 Å². The van der Waals surface area contributed by atoms with Gasteiger partial charge in [-0.15, -0.1) is 0 Å². The van der Waals surface area contributed by atoms with Gasteiger partial charge in [0.1, 0.15) is 5.78 Å². The van der Waals surface area contributed by atoms with Crippen molar-refractivity contribution in [1.29, 1.82) is 0 Å². The Morgan fingerprint density at radius 1 is 1.14 bits per heavy atom. The van der Waals surface area contributed by atoms with Gasteiger partial charge in [0, 0.05) is 31.0 Å². The molecule has 1 aliphatic carbocycles. The van der Waals surface area contributed by atoms with Gasteiger partial charge in [-0.2, -0.15) is 0 Å². The maximum atomic E-state index is 12.3. The standard InChI is InChI=1S/C17H19N2O2/c1-13(20)12-16(14-8-6-7-9-14)18-19(2)17(21)15-10-4-3-5-11-15/h3-11,16,18H,12H2,1-2H3. The number of benzene rings is 1. The van der Waals surface area contributed by atoms with Crippen LogP contribution in [0, 0.1) is 31.6 Å². The number of nitrogens with one attached hydrogen (secondary N) is 1. The summed E-state index contributed by atoms with van der Waals surface area (Å²) in [5.41, 5.74) is 3.72. The van der Waals surface area contributed by atoms with Crippen LogP contribution in [0.15, 0.2) is 30.3 Å². The predicted molar refractivity (Wildman–Crippen MR) is 81.2 cm³/mol. The molecule has 109 valence electrons. The van der Waals surface area contributed by atoms with Crippen molar-refractivity contribution >= 4 is 11.7 Å². The third-order valence-electron chi connectivity index (χ3n) is 3.26. The molecule has 0 aromatic heterocycles. The third-order valence-corrected chi connectivity index (χ3v) is 3.26. The molecule has 0 spiro atoms. The Hall–Kier alpha value is -1.68. The van der Waals surface area contributed by atoms with E-state index >= 15 is 0 Å². The monoisotopic (exact) mass is 283 g/mol. The second-order valence-electron chi connectivity index (χ2n) is 5.04. The summed E-state index contributed by atoms with van der Waals surface area (Å²) in [6.07, 6.45) is 8.08. The topological polar surface area (TPSA) is 49.4 Å². The number of ketones is 1. The highest BCUT2D eigenvalue weighted by Crippen LogP contribution is 2.28. The number of amides is 1. The van der Waals surface area contributed by atoms with Crippen LogP contribution in [-0.4, -0.2) is 29.8 Å². The van der Waals surface area contributed by atoms with Crippen LogP contribution in [0.2, 0.25) is 0 Å². The molecule has 0 heterocycles. The van der Waals surface area contributed by atoms with E-state index in [4.69, 9.17) is 0 Å². The van der Waals surface area contributed by atoms with Gasteiger partial charge in [-0.3, -0.25) is 14.6 Å². The maximum absolute atomic E-state index is 12.3. The van der Waals surface area contributed by atoms with Crippen molar-refractivity contribution in [3.63, 3.8) is 0 Å². The zero-order valence-electron chi connectivity index (χ0n) is 12.2. The van der Waals surface area contributed by atoms with Crippen molar-refractivity contribution in [2.75, 3.05) is 7.05 Å². The summed E-state index contributed by atoms with van der Waals surface area (Å²) < 4.78 is 0. The van der Waals surface area contributed by atoms with Crippen LogP contribution < -0.4 is 5.43 Å². The van der Waals surface area contributed by atoms with Crippen molar-refractivity contribution in [2.45, 2.75) is 19.4 Å². The van der Waals surface area contributed by atoms with Crippen molar-refractivity contribution in [3.05, 3.63) is 67.5 Å². The minimum atomic E-state index is -0.199. The largest absolute Gasteiger partial charge is 0.300 e. The Kier molecular flexibility index (Phi) is 5.51. The molecule has 2 rings (SSSR count). The molecule has 5 radical (unpaired) electrons. The first-order valence-corrected chi connectivity index (χ1v) is 6.88. The molecule has 1 unspecified atom stereocenters. The molecular weight excluding hydrogens is 264 g/mol. The lowest BCUT2D eigenvalue weighted by Gasteiger charge is -2.29. The second-order valence-corrected chi connectivity index (χ2v) is 5.04. The summed E-state index contributed by atoms with van der Waals surface area (Å²) in [6, 6.07) is 8.85. The van der Waals surface area contributed by atoms with Crippen LogP contribution in [0.25, 0.3) is 0 Å². The molecule has 1 saturated carbocycles. The predicted octanol–water partition coefficient (Wildman–Crippen LogP) is 2.02. The Balaban J connectivity index is 2.01. The van der Waals surface area contributed by atoms with E-state index in [0.29, 0.717) is 12.0 Å². The van der Waals surface area contributed by atoms with Crippen molar-refractivity contribution < 1.29 is 9.59 Å². The van der Waals surface area contributed by atoms with E-state index in [-0.39, 0.29) is 17.7 Å². The highest BCUT2D eigenvalue weighted by Gasteiger charge is 2.29. The van der Waals surface area contributed by atoms with Crippen molar-refractivity contribution in [2.24, 2.45) is 0 Å². The molecular formula is C17H19N2O2. The van der Waals surface area contributed by atoms with Crippen LogP contribution in [-0.2, 0) is 4.79 Å². The Labute approximate surface area is 126 Å². The number of Topliss-reactive ketones (excluding diaryl/α,β-unsaturated/α-hetero) is 1. The van der Waals surface area contributed by atoms with Gasteiger partial charge in [-0.1, -0.05) is 18.2 Å². The molecule has 0 saturated heterocycles. The quantitative estimate of drug-likeness (QED) is 0.813. The molecule has 1 atom stereocenters. The molecule has 1 amide bonds. The maximum Gasteiger partial charge on any atom is 0.267 e. The smallest absolute Gasteiger partial charge is 0.267 e. The van der Waals surface area contributed by atoms with E-state index in [9.17, 15) is 9.59 Å². The SMILES string of the molecule is CC(=O)CC(NN(C)C(=O)c1ccccc1)[C]1[CH][CH][CH][CH]1. The Morgan fingerprint density at radius 2 is 1.76 bits per heavy atom. The Bertz CT molecular complexity index is 481. The molecule has 21 heavy (non-hydrogen) atoms. The second kappa shape index (κ2) is 7.36. The fraction of sp³-hybridized carbons (Fsp3) is 0.235. The summed E-state index contributed by atoms with van der Waals surface area (Å²) in [6.45, 7) is 1.55. The summed E-state index contributed by atoms with van der Waals surface area (Å²) in [7, 11) is 1.67.